The number of hydrogen-bond donors (Lipinski definition) is 1. The van der Waals surface area contributed by atoms with Crippen LogP contribution >= 0.6 is 0 Å². The Kier molecular flexibility index (Phi) is 3.96. The van der Waals surface area contributed by atoms with Crippen molar-refractivity contribution in [3.63, 3.8) is 0 Å². The number of rotatable bonds is 5. The third kappa shape index (κ3) is 2.57. The number of hydrogen-bond acceptors (Lipinski definition) is 3. The molecule has 0 atom stereocenters. The van der Waals surface area contributed by atoms with Gasteiger partial charge in [-0.25, -0.2) is 5.01 Å². The maximum absolute atomic E-state index is 3.81. The maximum atomic E-state index is 3.81. The summed E-state index contributed by atoms with van der Waals surface area (Å²) in [5.41, 5.74) is 2.60. The Hall–Kier alpha value is -1.58. The summed E-state index contributed by atoms with van der Waals surface area (Å²) in [7, 11) is 0. The highest BCUT2D eigenvalue weighted by Crippen LogP contribution is 2.24. The minimum atomic E-state index is 0.821. The molecule has 0 spiro atoms. The first kappa shape index (κ1) is 11.9. The van der Waals surface area contributed by atoms with Crippen molar-refractivity contribution in [2.45, 2.75) is 6.54 Å². The van der Waals surface area contributed by atoms with E-state index in [0.717, 1.165) is 26.3 Å². The molecule has 3 nitrogen and oxygen atoms in total. The second kappa shape index (κ2) is 5.66. The molecule has 1 aliphatic heterocycles. The first-order valence-corrected chi connectivity index (χ1v) is 5.89. The van der Waals surface area contributed by atoms with Crippen LogP contribution in [-0.4, -0.2) is 24.8 Å². The minimum absolute atomic E-state index is 0.821. The van der Waals surface area contributed by atoms with E-state index in [4.69, 9.17) is 0 Å². The Morgan fingerprint density at radius 1 is 1.24 bits per heavy atom. The van der Waals surface area contributed by atoms with Gasteiger partial charge in [0.05, 0.1) is 12.4 Å². The van der Waals surface area contributed by atoms with E-state index in [-0.39, 0.29) is 0 Å². The molecular weight excluding hydrogens is 210 g/mol. The van der Waals surface area contributed by atoms with Gasteiger partial charge in [-0.3, -0.25) is 10.3 Å². The van der Waals surface area contributed by atoms with E-state index in [9.17, 15) is 0 Å². The van der Waals surface area contributed by atoms with Crippen LogP contribution in [0, 0.1) is 0 Å². The Labute approximate surface area is 103 Å². The first-order valence-electron chi connectivity index (χ1n) is 5.89. The van der Waals surface area contributed by atoms with Crippen LogP contribution in [0.2, 0.25) is 0 Å². The van der Waals surface area contributed by atoms with Crippen molar-refractivity contribution >= 4 is 5.69 Å². The van der Waals surface area contributed by atoms with Gasteiger partial charge >= 0.3 is 0 Å². The molecule has 90 valence electrons. The average Bonchev–Trinajstić information content (AvgIpc) is 2.38. The van der Waals surface area contributed by atoms with Gasteiger partial charge in [0.15, 0.2) is 0 Å². The molecule has 1 N–H and O–H groups in total. The van der Waals surface area contributed by atoms with Crippen LogP contribution in [-0.2, 0) is 6.54 Å². The fourth-order valence-corrected chi connectivity index (χ4v) is 2.12. The molecule has 0 aliphatic carbocycles. The zero-order valence-electron chi connectivity index (χ0n) is 10.1. The number of nitrogens with one attached hydrogen (secondary N) is 1. The predicted octanol–water partition coefficient (Wildman–Crippen LogP) is 2.14. The van der Waals surface area contributed by atoms with Crippen molar-refractivity contribution < 1.29 is 0 Å². The molecule has 1 aromatic rings. The van der Waals surface area contributed by atoms with Gasteiger partial charge < -0.3 is 0 Å². The van der Waals surface area contributed by atoms with Crippen molar-refractivity contribution in [2.75, 3.05) is 24.8 Å². The molecule has 0 unspecified atom stereocenters. The molecule has 1 aromatic carbocycles. The zero-order valence-corrected chi connectivity index (χ0v) is 10.1. The monoisotopic (exact) mass is 229 g/mol. The highest BCUT2D eigenvalue weighted by Gasteiger charge is 2.20. The van der Waals surface area contributed by atoms with Gasteiger partial charge in [0.2, 0.25) is 0 Å². The second-order valence-electron chi connectivity index (χ2n) is 4.06. The largest absolute Gasteiger partial charge is 0.295 e. The van der Waals surface area contributed by atoms with Gasteiger partial charge in [-0.05, 0) is 11.6 Å². The molecule has 1 aliphatic rings. The molecule has 0 saturated heterocycles. The van der Waals surface area contributed by atoms with E-state index in [0.29, 0.717) is 0 Å². The van der Waals surface area contributed by atoms with Crippen LogP contribution in [0.5, 0.6) is 0 Å². The van der Waals surface area contributed by atoms with Gasteiger partial charge in [0.1, 0.15) is 0 Å². The van der Waals surface area contributed by atoms with Crippen molar-refractivity contribution in [2.24, 2.45) is 0 Å². The van der Waals surface area contributed by atoms with Crippen molar-refractivity contribution in [3.05, 3.63) is 55.1 Å². The molecule has 0 fully saturated rings. The lowest BCUT2D eigenvalue weighted by atomic mass is 10.1. The van der Waals surface area contributed by atoms with Crippen molar-refractivity contribution in [3.8, 4) is 0 Å². The lowest BCUT2D eigenvalue weighted by molar-refractivity contribution is 0.286. The summed E-state index contributed by atoms with van der Waals surface area (Å²) in [6.45, 7) is 11.0. The molecule has 0 saturated carbocycles. The van der Waals surface area contributed by atoms with Crippen LogP contribution in [0.4, 0.5) is 5.69 Å². The standard InChI is InChI=1S/C14H19N3/c1-3-9-16(10-4-2)17-12-15-11-13-7-5-6-8-14(13)17/h3-8,15H,1-2,9-12H2. The smallest absolute Gasteiger partial charge is 0.0844 e. The summed E-state index contributed by atoms with van der Waals surface area (Å²) in [6, 6.07) is 8.48. The maximum Gasteiger partial charge on any atom is 0.0844 e. The van der Waals surface area contributed by atoms with Gasteiger partial charge in [0.25, 0.3) is 0 Å². The normalized spacial score (nSPS) is 14.5. The van der Waals surface area contributed by atoms with E-state index in [2.05, 4.69) is 52.8 Å². The predicted molar refractivity (Wildman–Crippen MR) is 72.6 cm³/mol. The fourth-order valence-electron chi connectivity index (χ4n) is 2.12. The number of fused-ring (bicyclic) bond motifs is 1. The second-order valence-corrected chi connectivity index (χ2v) is 4.06. The zero-order chi connectivity index (χ0) is 12.1. The SMILES string of the molecule is C=CCN(CC=C)N1CNCc2ccccc21. The van der Waals surface area contributed by atoms with Crippen LogP contribution in [0.3, 0.4) is 0 Å². The van der Waals surface area contributed by atoms with Crippen LogP contribution in [0.1, 0.15) is 5.56 Å². The van der Waals surface area contributed by atoms with Crippen LogP contribution in [0.25, 0.3) is 0 Å². The van der Waals surface area contributed by atoms with E-state index in [1.807, 2.05) is 12.2 Å². The number of para-hydroxylation sites is 1. The molecule has 2 rings (SSSR count). The molecule has 17 heavy (non-hydrogen) atoms. The third-order valence-electron chi connectivity index (χ3n) is 2.87. The van der Waals surface area contributed by atoms with E-state index >= 15 is 0 Å². The van der Waals surface area contributed by atoms with Crippen LogP contribution in [0.15, 0.2) is 49.6 Å². The number of nitrogens with zero attached hydrogens (tertiary/aromatic N) is 2. The number of anilines is 1. The van der Waals surface area contributed by atoms with Gasteiger partial charge in [0, 0.05) is 19.6 Å². The quantitative estimate of drug-likeness (QED) is 0.780. The summed E-state index contributed by atoms with van der Waals surface area (Å²) in [4.78, 5) is 0. The number of benzene rings is 1. The summed E-state index contributed by atoms with van der Waals surface area (Å²) in [5.74, 6) is 0. The highest BCUT2D eigenvalue weighted by molar-refractivity contribution is 5.54. The van der Waals surface area contributed by atoms with Gasteiger partial charge in [-0.2, -0.15) is 0 Å². The highest BCUT2D eigenvalue weighted by atomic mass is 15.6. The Morgan fingerprint density at radius 2 is 1.94 bits per heavy atom. The number of hydrazine groups is 1. The third-order valence-corrected chi connectivity index (χ3v) is 2.87. The van der Waals surface area contributed by atoms with Gasteiger partial charge in [-0.15, -0.1) is 13.2 Å². The Balaban J connectivity index is 2.26. The molecule has 0 amide bonds. The molecule has 0 bridgehead atoms. The molecule has 0 radical (unpaired) electrons. The van der Waals surface area contributed by atoms with E-state index in [1.165, 1.54) is 11.3 Å². The first-order chi connectivity index (χ1) is 8.36. The topological polar surface area (TPSA) is 18.5 Å². The molecular formula is C14H19N3. The minimum Gasteiger partial charge on any atom is -0.295 e. The molecule has 0 aromatic heterocycles. The summed E-state index contributed by atoms with van der Waals surface area (Å²) < 4.78 is 0. The van der Waals surface area contributed by atoms with Crippen molar-refractivity contribution in [1.29, 1.82) is 0 Å². The Morgan fingerprint density at radius 3 is 2.65 bits per heavy atom. The average molecular weight is 229 g/mol. The lowest BCUT2D eigenvalue weighted by Gasteiger charge is -2.39. The molecule has 1 heterocycles. The lowest BCUT2D eigenvalue weighted by Crippen LogP contribution is -2.50. The summed E-state index contributed by atoms with van der Waals surface area (Å²) >= 11 is 0. The summed E-state index contributed by atoms with van der Waals surface area (Å²) in [5, 5.41) is 7.88. The molecule has 3 heteroatoms. The summed E-state index contributed by atoms with van der Waals surface area (Å²) in [6.07, 6.45) is 3.83. The Bertz CT molecular complexity index is 390. The van der Waals surface area contributed by atoms with E-state index in [1.54, 1.807) is 0 Å². The van der Waals surface area contributed by atoms with Gasteiger partial charge in [-0.1, -0.05) is 30.4 Å². The van der Waals surface area contributed by atoms with Crippen LogP contribution < -0.4 is 10.3 Å². The van der Waals surface area contributed by atoms with Crippen molar-refractivity contribution in [1.82, 2.24) is 10.3 Å². The fraction of sp³-hybridized carbons (Fsp3) is 0.286. The van der Waals surface area contributed by atoms with E-state index < -0.39 is 0 Å².